The van der Waals surface area contributed by atoms with Crippen LogP contribution in [-0.2, 0) is 22.5 Å². The van der Waals surface area contributed by atoms with Gasteiger partial charge in [0.25, 0.3) is 11.6 Å². The van der Waals surface area contributed by atoms with Crippen LogP contribution in [0.2, 0.25) is 0 Å². The highest BCUT2D eigenvalue weighted by Crippen LogP contribution is 2.19. The van der Waals surface area contributed by atoms with Crippen LogP contribution in [0.3, 0.4) is 0 Å². The van der Waals surface area contributed by atoms with Gasteiger partial charge in [-0.1, -0.05) is 23.5 Å². The number of nitro benzene ring substituents is 1. The lowest BCUT2D eigenvalue weighted by molar-refractivity contribution is -0.384. The minimum Gasteiger partial charge on any atom is -0.380 e. The van der Waals surface area contributed by atoms with Gasteiger partial charge in [-0.15, -0.1) is 0 Å². The fourth-order valence-corrected chi connectivity index (χ4v) is 3.80. The molecular formula is C19H18FN3O4S. The molecule has 0 bridgehead atoms. The first-order valence-electron chi connectivity index (χ1n) is 8.65. The minimum absolute atomic E-state index is 0.0199. The zero-order valence-electron chi connectivity index (χ0n) is 15.1. The summed E-state index contributed by atoms with van der Waals surface area (Å²) in [4.78, 5) is 27.3. The van der Waals surface area contributed by atoms with Crippen molar-refractivity contribution in [3.8, 4) is 0 Å². The molecular weight excluding hydrogens is 385 g/mol. The number of non-ortho nitro benzene ring substituents is 1. The number of nitro groups is 1. The molecule has 1 amide bonds. The molecule has 9 heteroatoms. The van der Waals surface area contributed by atoms with E-state index in [4.69, 9.17) is 4.74 Å². The molecule has 0 N–H and O–H groups in total. The molecule has 0 aliphatic heterocycles. The fraction of sp³-hybridized carbons (Fsp3) is 0.263. The lowest BCUT2D eigenvalue weighted by Gasteiger charge is -2.05. The Kier molecular flexibility index (Phi) is 6.27. The summed E-state index contributed by atoms with van der Waals surface area (Å²) in [5, 5.41) is 10.7. The molecule has 0 saturated heterocycles. The van der Waals surface area contributed by atoms with Gasteiger partial charge in [-0.25, -0.2) is 4.39 Å². The SMILES string of the molecule is CCOCCn1c(=NC(=O)Cc2ccc([N+](=O)[O-])cc2)sc2cc(F)ccc21. The van der Waals surface area contributed by atoms with Crippen LogP contribution in [0.4, 0.5) is 10.1 Å². The quantitative estimate of drug-likeness (QED) is 0.343. The summed E-state index contributed by atoms with van der Waals surface area (Å²) in [6, 6.07) is 10.2. The molecule has 0 radical (unpaired) electrons. The van der Waals surface area contributed by atoms with Crippen molar-refractivity contribution in [2.24, 2.45) is 4.99 Å². The van der Waals surface area contributed by atoms with Gasteiger partial charge in [0.1, 0.15) is 5.82 Å². The van der Waals surface area contributed by atoms with Gasteiger partial charge in [0.05, 0.1) is 28.2 Å². The second-order valence-electron chi connectivity index (χ2n) is 5.95. The molecule has 0 spiro atoms. The van der Waals surface area contributed by atoms with E-state index in [0.717, 1.165) is 5.52 Å². The molecule has 0 unspecified atom stereocenters. The van der Waals surface area contributed by atoms with E-state index in [2.05, 4.69) is 4.99 Å². The number of thiazole rings is 1. The van der Waals surface area contributed by atoms with Crippen molar-refractivity contribution in [2.75, 3.05) is 13.2 Å². The Morgan fingerprint density at radius 1 is 1.29 bits per heavy atom. The van der Waals surface area contributed by atoms with Gasteiger partial charge in [-0.3, -0.25) is 14.9 Å². The molecule has 0 aliphatic rings. The standard InChI is InChI=1S/C19H18FN3O4S/c1-2-27-10-9-22-16-8-5-14(20)12-17(16)28-19(22)21-18(24)11-13-3-6-15(7-4-13)23(25)26/h3-8,12H,2,9-11H2,1H3. The highest BCUT2D eigenvalue weighted by atomic mass is 32.1. The van der Waals surface area contributed by atoms with Crippen LogP contribution in [0.5, 0.6) is 0 Å². The Balaban J connectivity index is 1.89. The number of amides is 1. The van der Waals surface area contributed by atoms with Gasteiger partial charge in [-0.2, -0.15) is 4.99 Å². The number of carbonyl (C=O) groups excluding carboxylic acids is 1. The van der Waals surface area contributed by atoms with Crippen LogP contribution < -0.4 is 4.80 Å². The second-order valence-corrected chi connectivity index (χ2v) is 6.96. The number of benzene rings is 2. The number of aromatic nitrogens is 1. The Morgan fingerprint density at radius 2 is 2.04 bits per heavy atom. The number of fused-ring (bicyclic) bond motifs is 1. The second kappa shape index (κ2) is 8.85. The number of hydrogen-bond acceptors (Lipinski definition) is 5. The van der Waals surface area contributed by atoms with Gasteiger partial charge >= 0.3 is 0 Å². The van der Waals surface area contributed by atoms with Crippen molar-refractivity contribution in [2.45, 2.75) is 19.9 Å². The first kappa shape index (κ1) is 19.8. The number of rotatable bonds is 7. The Hall–Kier alpha value is -2.91. The van der Waals surface area contributed by atoms with Crippen LogP contribution in [0.25, 0.3) is 10.2 Å². The summed E-state index contributed by atoms with van der Waals surface area (Å²) < 4.78 is 21.5. The molecule has 0 fully saturated rings. The first-order valence-corrected chi connectivity index (χ1v) is 9.47. The molecule has 3 rings (SSSR count). The molecule has 3 aromatic rings. The van der Waals surface area contributed by atoms with Gasteiger partial charge in [-0.05, 0) is 30.7 Å². The van der Waals surface area contributed by atoms with E-state index in [1.807, 2.05) is 11.5 Å². The first-order chi connectivity index (χ1) is 13.5. The molecule has 2 aromatic carbocycles. The van der Waals surface area contributed by atoms with E-state index in [1.54, 1.807) is 6.07 Å². The van der Waals surface area contributed by atoms with E-state index in [0.29, 0.717) is 34.8 Å². The van der Waals surface area contributed by atoms with Crippen molar-refractivity contribution in [1.29, 1.82) is 0 Å². The predicted molar refractivity (Wildman–Crippen MR) is 104 cm³/mol. The zero-order valence-corrected chi connectivity index (χ0v) is 15.9. The van der Waals surface area contributed by atoms with Crippen LogP contribution in [0.15, 0.2) is 47.5 Å². The number of halogens is 1. The third-order valence-electron chi connectivity index (χ3n) is 4.03. The normalized spacial score (nSPS) is 11.9. The maximum Gasteiger partial charge on any atom is 0.269 e. The summed E-state index contributed by atoms with van der Waals surface area (Å²) in [5.74, 6) is -0.736. The Bertz CT molecular complexity index is 1070. The third-order valence-corrected chi connectivity index (χ3v) is 5.07. The van der Waals surface area contributed by atoms with Gasteiger partial charge < -0.3 is 9.30 Å². The molecule has 28 heavy (non-hydrogen) atoms. The molecule has 7 nitrogen and oxygen atoms in total. The lowest BCUT2D eigenvalue weighted by atomic mass is 10.1. The topological polar surface area (TPSA) is 86.7 Å². The average Bonchev–Trinajstić information content (AvgIpc) is 2.98. The minimum atomic E-state index is -0.492. The molecule has 1 heterocycles. The maximum absolute atomic E-state index is 13.6. The summed E-state index contributed by atoms with van der Waals surface area (Å²) in [6.45, 7) is 3.40. The van der Waals surface area contributed by atoms with Crippen molar-refractivity contribution in [1.82, 2.24) is 4.57 Å². The van der Waals surface area contributed by atoms with Crippen LogP contribution in [0, 0.1) is 15.9 Å². The Morgan fingerprint density at radius 3 is 2.71 bits per heavy atom. The van der Waals surface area contributed by atoms with Crippen molar-refractivity contribution in [3.63, 3.8) is 0 Å². The third kappa shape index (κ3) is 4.68. The molecule has 0 saturated carbocycles. The monoisotopic (exact) mass is 403 g/mol. The van der Waals surface area contributed by atoms with Crippen molar-refractivity contribution in [3.05, 3.63) is 68.8 Å². The maximum atomic E-state index is 13.6. The smallest absolute Gasteiger partial charge is 0.269 e. The highest BCUT2D eigenvalue weighted by Gasteiger charge is 2.10. The number of nitrogens with zero attached hydrogens (tertiary/aromatic N) is 3. The largest absolute Gasteiger partial charge is 0.380 e. The van der Waals surface area contributed by atoms with E-state index in [-0.39, 0.29) is 23.8 Å². The van der Waals surface area contributed by atoms with E-state index in [1.165, 1.54) is 47.7 Å². The van der Waals surface area contributed by atoms with Crippen LogP contribution in [0.1, 0.15) is 12.5 Å². The number of carbonyl (C=O) groups is 1. The fourth-order valence-electron chi connectivity index (χ4n) is 2.70. The summed E-state index contributed by atoms with van der Waals surface area (Å²) in [6.07, 6.45) is 0.0199. The summed E-state index contributed by atoms with van der Waals surface area (Å²) >= 11 is 1.23. The molecule has 0 atom stereocenters. The van der Waals surface area contributed by atoms with E-state index < -0.39 is 4.92 Å². The predicted octanol–water partition coefficient (Wildman–Crippen LogP) is 3.46. The number of ether oxygens (including phenoxy) is 1. The zero-order chi connectivity index (χ0) is 20.1. The van der Waals surface area contributed by atoms with Crippen LogP contribution >= 0.6 is 11.3 Å². The van der Waals surface area contributed by atoms with Gasteiger partial charge in [0.15, 0.2) is 4.80 Å². The van der Waals surface area contributed by atoms with E-state index >= 15 is 0 Å². The van der Waals surface area contributed by atoms with Crippen molar-refractivity contribution < 1.29 is 18.8 Å². The van der Waals surface area contributed by atoms with E-state index in [9.17, 15) is 19.3 Å². The summed E-state index contributed by atoms with van der Waals surface area (Å²) in [7, 11) is 0. The Labute approximate surface area is 163 Å². The van der Waals surface area contributed by atoms with Crippen LogP contribution in [-0.4, -0.2) is 28.6 Å². The average molecular weight is 403 g/mol. The lowest BCUT2D eigenvalue weighted by Crippen LogP contribution is -2.20. The number of hydrogen-bond donors (Lipinski definition) is 0. The molecule has 0 aliphatic carbocycles. The van der Waals surface area contributed by atoms with Gasteiger partial charge in [0.2, 0.25) is 0 Å². The molecule has 1 aromatic heterocycles. The molecule has 146 valence electrons. The van der Waals surface area contributed by atoms with Crippen molar-refractivity contribution >= 4 is 33.1 Å². The van der Waals surface area contributed by atoms with Gasteiger partial charge in [0, 0.05) is 25.3 Å². The summed E-state index contributed by atoms with van der Waals surface area (Å²) in [5.41, 5.74) is 1.38. The highest BCUT2D eigenvalue weighted by molar-refractivity contribution is 7.16.